The van der Waals surface area contributed by atoms with Gasteiger partial charge in [0.1, 0.15) is 35.4 Å². The monoisotopic (exact) mass is 570 g/mol. The summed E-state index contributed by atoms with van der Waals surface area (Å²) in [6, 6.07) is 6.22. The number of hydrogen-bond acceptors (Lipinski definition) is 12. The number of nitrogens with two attached hydrogens (primary N) is 1. The lowest BCUT2D eigenvalue weighted by Gasteiger charge is -2.31. The molecule has 14 nitrogen and oxygen atoms in total. The summed E-state index contributed by atoms with van der Waals surface area (Å²) in [5, 5.41) is 29.9. The van der Waals surface area contributed by atoms with Crippen LogP contribution in [-0.4, -0.2) is 96.9 Å². The molecular formula is C27H34N6O8. The van der Waals surface area contributed by atoms with Crippen molar-refractivity contribution >= 4 is 29.0 Å². The summed E-state index contributed by atoms with van der Waals surface area (Å²) in [4.78, 5) is 39.1. The van der Waals surface area contributed by atoms with Crippen molar-refractivity contribution in [3.8, 4) is 5.75 Å². The topological polar surface area (TPSA) is 195 Å². The van der Waals surface area contributed by atoms with Crippen LogP contribution in [0.2, 0.25) is 0 Å². The predicted octanol–water partition coefficient (Wildman–Crippen LogP) is 1.04. The number of methoxy groups -OCH3 is 1. The van der Waals surface area contributed by atoms with Crippen LogP contribution in [0, 0.1) is 5.92 Å². The number of anilines is 1. The molecular weight excluding hydrogens is 536 g/mol. The molecule has 0 unspecified atom stereocenters. The first-order valence-corrected chi connectivity index (χ1v) is 13.6. The Morgan fingerprint density at radius 1 is 1.12 bits per heavy atom. The number of nitrogen functional groups attached to an aromatic ring is 1. The minimum Gasteiger partial charge on any atom is -0.465 e. The van der Waals surface area contributed by atoms with Crippen molar-refractivity contribution in [2.45, 2.75) is 56.6 Å². The Morgan fingerprint density at radius 3 is 2.51 bits per heavy atom. The molecule has 1 amide bonds. The van der Waals surface area contributed by atoms with Gasteiger partial charge in [0.05, 0.1) is 25.6 Å². The molecule has 2 fully saturated rings. The Hall–Kier alpha value is -3.85. The van der Waals surface area contributed by atoms with Crippen molar-refractivity contribution in [3.05, 3.63) is 42.0 Å². The lowest BCUT2D eigenvalue weighted by atomic mass is 9.91. The molecule has 2 aromatic heterocycles. The number of benzene rings is 1. The van der Waals surface area contributed by atoms with Crippen molar-refractivity contribution in [1.82, 2.24) is 24.4 Å². The maximum atomic E-state index is 12.6. The van der Waals surface area contributed by atoms with Crippen molar-refractivity contribution in [1.29, 1.82) is 0 Å². The number of imidazole rings is 1. The van der Waals surface area contributed by atoms with E-state index in [1.807, 2.05) is 0 Å². The number of aryl methyl sites for hydroxylation is 1. The summed E-state index contributed by atoms with van der Waals surface area (Å²) in [5.74, 6) is 1.08. The molecule has 2 aliphatic heterocycles. The fourth-order valence-corrected chi connectivity index (χ4v) is 5.29. The molecule has 0 spiro atoms. The van der Waals surface area contributed by atoms with Crippen LogP contribution in [0.1, 0.15) is 48.1 Å². The van der Waals surface area contributed by atoms with Gasteiger partial charge in [-0.05, 0) is 55.9 Å². The number of amides is 1. The summed E-state index contributed by atoms with van der Waals surface area (Å²) in [6.07, 6.45) is 0.616. The molecule has 0 saturated carbocycles. The fourth-order valence-electron chi connectivity index (χ4n) is 5.29. The second kappa shape index (κ2) is 12.3. The quantitative estimate of drug-likeness (QED) is 0.281. The van der Waals surface area contributed by atoms with Gasteiger partial charge in [0, 0.05) is 19.5 Å². The maximum absolute atomic E-state index is 12.6. The van der Waals surface area contributed by atoms with Gasteiger partial charge in [-0.3, -0.25) is 4.57 Å². The van der Waals surface area contributed by atoms with Crippen LogP contribution in [0.3, 0.4) is 0 Å². The number of rotatable bonds is 8. The number of aromatic nitrogens is 4. The van der Waals surface area contributed by atoms with Gasteiger partial charge in [-0.2, -0.15) is 0 Å². The number of hydrogen-bond donors (Lipinski definition) is 4. The van der Waals surface area contributed by atoms with Crippen LogP contribution in [0.15, 0.2) is 30.6 Å². The summed E-state index contributed by atoms with van der Waals surface area (Å²) in [7, 11) is 1.31. The van der Waals surface area contributed by atoms with Crippen molar-refractivity contribution < 1.29 is 39.1 Å². The number of likely N-dealkylation sites (tertiary alicyclic amines) is 1. The van der Waals surface area contributed by atoms with Crippen molar-refractivity contribution in [3.63, 3.8) is 0 Å². The third-order valence-corrected chi connectivity index (χ3v) is 7.65. The Kier molecular flexibility index (Phi) is 8.63. The zero-order valence-corrected chi connectivity index (χ0v) is 22.6. The van der Waals surface area contributed by atoms with E-state index in [0.717, 1.165) is 25.7 Å². The zero-order chi connectivity index (χ0) is 29.1. The summed E-state index contributed by atoms with van der Waals surface area (Å²) >= 11 is 0. The van der Waals surface area contributed by atoms with Gasteiger partial charge >= 0.3 is 12.1 Å². The zero-order valence-electron chi connectivity index (χ0n) is 22.6. The standard InChI is InChI=1S/C27H34N6O8/c1-39-26(37)16-5-7-17(8-6-16)40-27(38)32-11-9-15(10-12-32)3-2-4-19-30-23(28)20-24(31-19)33(14-29-20)25-22(36)21(35)18(13-34)41-25/h5-8,14-15,18,21-22,25,34-36H,2-4,9-13H2,1H3,(H2,28,30,31)/t18-,21-,22-,25-/m1/s1. The highest BCUT2D eigenvalue weighted by atomic mass is 16.6. The predicted molar refractivity (Wildman–Crippen MR) is 144 cm³/mol. The van der Waals surface area contributed by atoms with Gasteiger partial charge in [0.2, 0.25) is 0 Å². The van der Waals surface area contributed by atoms with Gasteiger partial charge in [-0.25, -0.2) is 24.5 Å². The lowest BCUT2D eigenvalue weighted by molar-refractivity contribution is -0.0511. The molecule has 0 aliphatic carbocycles. The molecule has 2 aliphatic rings. The molecule has 14 heteroatoms. The van der Waals surface area contributed by atoms with E-state index in [0.29, 0.717) is 53.7 Å². The summed E-state index contributed by atoms with van der Waals surface area (Å²) in [5.41, 5.74) is 7.26. The molecule has 41 heavy (non-hydrogen) atoms. The van der Waals surface area contributed by atoms with Crippen LogP contribution in [0.5, 0.6) is 5.75 Å². The maximum Gasteiger partial charge on any atom is 0.415 e. The van der Waals surface area contributed by atoms with E-state index in [1.165, 1.54) is 18.0 Å². The van der Waals surface area contributed by atoms with Crippen LogP contribution >= 0.6 is 0 Å². The third-order valence-electron chi connectivity index (χ3n) is 7.65. The molecule has 0 radical (unpaired) electrons. The normalized spacial score (nSPS) is 23.2. The summed E-state index contributed by atoms with van der Waals surface area (Å²) < 4.78 is 17.3. The van der Waals surface area contributed by atoms with Crippen LogP contribution in [0.25, 0.3) is 11.2 Å². The van der Waals surface area contributed by atoms with E-state index in [4.69, 9.17) is 15.2 Å². The first-order chi connectivity index (χ1) is 19.8. The number of ether oxygens (including phenoxy) is 3. The Morgan fingerprint density at radius 2 is 1.85 bits per heavy atom. The number of fused-ring (bicyclic) bond motifs is 1. The van der Waals surface area contributed by atoms with Gasteiger partial charge in [0.15, 0.2) is 17.7 Å². The number of esters is 1. The highest BCUT2D eigenvalue weighted by Gasteiger charge is 2.44. The highest BCUT2D eigenvalue weighted by molar-refractivity contribution is 5.89. The van der Waals surface area contributed by atoms with Gasteiger partial charge in [0.25, 0.3) is 0 Å². The second-order valence-corrected chi connectivity index (χ2v) is 10.3. The average molecular weight is 571 g/mol. The smallest absolute Gasteiger partial charge is 0.415 e. The number of carbonyl (C=O) groups is 2. The molecule has 4 heterocycles. The molecule has 0 bridgehead atoms. The minimum atomic E-state index is -1.26. The van der Waals surface area contributed by atoms with Crippen LogP contribution < -0.4 is 10.5 Å². The SMILES string of the molecule is COC(=O)c1ccc(OC(=O)N2CCC(CCCc3nc(N)c4ncn([C@@H]5O[C@H](CO)[C@@H](O)[C@H]5O)c4n3)CC2)cc1. The van der Waals surface area contributed by atoms with Gasteiger partial charge < -0.3 is 40.2 Å². The van der Waals surface area contributed by atoms with E-state index in [2.05, 4.69) is 19.7 Å². The fraction of sp³-hybridized carbons (Fsp3) is 0.519. The molecule has 3 aromatic rings. The summed E-state index contributed by atoms with van der Waals surface area (Å²) in [6.45, 7) is 0.738. The minimum absolute atomic E-state index is 0.210. The number of aliphatic hydroxyl groups is 3. The Labute approximate surface area is 235 Å². The van der Waals surface area contributed by atoms with Gasteiger partial charge in [-0.1, -0.05) is 0 Å². The number of piperidine rings is 1. The molecule has 5 N–H and O–H groups in total. The first kappa shape index (κ1) is 28.7. The van der Waals surface area contributed by atoms with E-state index in [9.17, 15) is 24.9 Å². The van der Waals surface area contributed by atoms with Crippen molar-refractivity contribution in [2.24, 2.45) is 5.92 Å². The molecule has 220 valence electrons. The van der Waals surface area contributed by atoms with Crippen LogP contribution in [0.4, 0.5) is 10.6 Å². The Bertz CT molecular complexity index is 1370. The molecule has 4 atom stereocenters. The second-order valence-electron chi connectivity index (χ2n) is 10.3. The molecule has 5 rings (SSSR count). The van der Waals surface area contributed by atoms with Crippen molar-refractivity contribution in [2.75, 3.05) is 32.5 Å². The van der Waals surface area contributed by atoms with E-state index < -0.39 is 43.2 Å². The van der Waals surface area contributed by atoms with E-state index in [1.54, 1.807) is 29.2 Å². The molecule has 1 aromatic carbocycles. The third kappa shape index (κ3) is 6.10. The lowest BCUT2D eigenvalue weighted by Crippen LogP contribution is -2.40. The first-order valence-electron chi connectivity index (χ1n) is 13.6. The molecule has 2 saturated heterocycles. The number of carbonyl (C=O) groups excluding carboxylic acids is 2. The van der Waals surface area contributed by atoms with Gasteiger partial charge in [-0.15, -0.1) is 0 Å². The average Bonchev–Trinajstić information content (AvgIpc) is 3.53. The number of nitrogens with zero attached hydrogens (tertiary/aromatic N) is 5. The highest BCUT2D eigenvalue weighted by Crippen LogP contribution is 2.32. The van der Waals surface area contributed by atoms with Crippen LogP contribution in [-0.2, 0) is 15.9 Å². The Balaban J connectivity index is 1.12. The largest absolute Gasteiger partial charge is 0.465 e. The van der Waals surface area contributed by atoms with E-state index in [-0.39, 0.29) is 5.82 Å². The van der Waals surface area contributed by atoms with E-state index >= 15 is 0 Å². The number of aliphatic hydroxyl groups excluding tert-OH is 3.